The van der Waals surface area contributed by atoms with Gasteiger partial charge in [0.2, 0.25) is 11.7 Å². The maximum absolute atomic E-state index is 12.8. The number of nitrogens with zero attached hydrogens (tertiary/aromatic N) is 3. The smallest absolute Gasteiger partial charge is 0.231 e. The molecule has 0 saturated carbocycles. The van der Waals surface area contributed by atoms with Crippen LogP contribution >= 0.6 is 0 Å². The van der Waals surface area contributed by atoms with E-state index in [1.807, 2.05) is 0 Å². The summed E-state index contributed by atoms with van der Waals surface area (Å²) in [5.74, 6) is 0.535. The molecule has 0 saturated heterocycles. The lowest BCUT2D eigenvalue weighted by Crippen LogP contribution is -1.89. The van der Waals surface area contributed by atoms with Crippen molar-refractivity contribution < 1.29 is 14.0 Å². The van der Waals surface area contributed by atoms with Crippen molar-refractivity contribution in [2.75, 3.05) is 0 Å². The minimum absolute atomic E-state index is 0.204. The molecule has 0 bridgehead atoms. The largest absolute Gasteiger partial charge is 0.508 e. The molecule has 1 aromatic carbocycles. The van der Waals surface area contributed by atoms with Gasteiger partial charge >= 0.3 is 0 Å². The van der Waals surface area contributed by atoms with Crippen LogP contribution in [0.1, 0.15) is 11.5 Å². The van der Waals surface area contributed by atoms with Gasteiger partial charge < -0.3 is 9.63 Å². The molecule has 100 valence electrons. The van der Waals surface area contributed by atoms with Gasteiger partial charge in [-0.1, -0.05) is 17.3 Å². The molecule has 0 amide bonds. The average Bonchev–Trinajstić information content (AvgIpc) is 2.91. The monoisotopic (exact) mass is 271 g/mol. The van der Waals surface area contributed by atoms with Crippen molar-refractivity contribution >= 4 is 0 Å². The number of halogens is 1. The third-order valence-electron chi connectivity index (χ3n) is 2.72. The van der Waals surface area contributed by atoms with Crippen LogP contribution in [0.4, 0.5) is 4.39 Å². The molecule has 0 radical (unpaired) electrons. The molecule has 0 aliphatic carbocycles. The first-order valence-corrected chi connectivity index (χ1v) is 5.93. The van der Waals surface area contributed by atoms with E-state index in [1.165, 1.54) is 12.1 Å². The van der Waals surface area contributed by atoms with E-state index in [1.54, 1.807) is 24.3 Å². The van der Waals surface area contributed by atoms with Gasteiger partial charge in [-0.3, -0.25) is 0 Å². The number of benzene rings is 1. The molecule has 20 heavy (non-hydrogen) atoms. The summed E-state index contributed by atoms with van der Waals surface area (Å²) in [6.07, 6.45) is 1.56. The molecule has 3 rings (SSSR count). The highest BCUT2D eigenvalue weighted by Gasteiger charge is 2.10. The third-order valence-corrected chi connectivity index (χ3v) is 2.72. The number of hydrogen-bond acceptors (Lipinski definition) is 5. The van der Waals surface area contributed by atoms with Gasteiger partial charge in [0.25, 0.3) is 0 Å². The van der Waals surface area contributed by atoms with Gasteiger partial charge in [-0.05, 0) is 29.8 Å². The van der Waals surface area contributed by atoms with Gasteiger partial charge in [0.05, 0.1) is 12.6 Å². The van der Waals surface area contributed by atoms with Crippen LogP contribution in [0, 0.1) is 5.82 Å². The Morgan fingerprint density at radius 3 is 2.60 bits per heavy atom. The first-order chi connectivity index (χ1) is 9.70. The quantitative estimate of drug-likeness (QED) is 0.792. The summed E-state index contributed by atoms with van der Waals surface area (Å²) >= 11 is 0. The lowest BCUT2D eigenvalue weighted by Gasteiger charge is -1.96. The van der Waals surface area contributed by atoms with Gasteiger partial charge in [0.1, 0.15) is 17.3 Å². The molecule has 0 fully saturated rings. The molecule has 0 atom stereocenters. The summed E-state index contributed by atoms with van der Waals surface area (Å²) in [6, 6.07) is 9.51. The SMILES string of the molecule is Oc1ccc(Cc2nc(-c3ccc(F)cn3)no2)cc1. The van der Waals surface area contributed by atoms with Crippen LogP contribution in [0.25, 0.3) is 11.5 Å². The Labute approximate surface area is 113 Å². The van der Waals surface area contributed by atoms with Gasteiger partial charge in [0.15, 0.2) is 0 Å². The molecule has 0 aliphatic heterocycles. The molecule has 5 nitrogen and oxygen atoms in total. The summed E-state index contributed by atoms with van der Waals surface area (Å²) in [6.45, 7) is 0. The van der Waals surface area contributed by atoms with Crippen molar-refractivity contribution in [2.24, 2.45) is 0 Å². The van der Waals surface area contributed by atoms with E-state index in [0.29, 0.717) is 23.8 Å². The van der Waals surface area contributed by atoms with Gasteiger partial charge in [0, 0.05) is 0 Å². The number of aromatic nitrogens is 3. The van der Waals surface area contributed by atoms with E-state index in [4.69, 9.17) is 4.52 Å². The van der Waals surface area contributed by atoms with E-state index in [9.17, 15) is 9.50 Å². The number of aromatic hydroxyl groups is 1. The normalized spacial score (nSPS) is 10.7. The van der Waals surface area contributed by atoms with Crippen LogP contribution in [-0.2, 0) is 6.42 Å². The molecule has 0 aliphatic rings. The van der Waals surface area contributed by atoms with Crippen molar-refractivity contribution in [3.63, 3.8) is 0 Å². The van der Waals surface area contributed by atoms with Crippen molar-refractivity contribution in [3.05, 3.63) is 59.9 Å². The van der Waals surface area contributed by atoms with E-state index in [2.05, 4.69) is 15.1 Å². The summed E-state index contributed by atoms with van der Waals surface area (Å²) in [7, 11) is 0. The van der Waals surface area contributed by atoms with Gasteiger partial charge in [-0.15, -0.1) is 0 Å². The maximum Gasteiger partial charge on any atom is 0.231 e. The van der Waals surface area contributed by atoms with Crippen LogP contribution < -0.4 is 0 Å². The number of hydrogen-bond donors (Lipinski definition) is 1. The highest BCUT2D eigenvalue weighted by molar-refractivity contribution is 5.47. The fourth-order valence-electron chi connectivity index (χ4n) is 1.73. The van der Waals surface area contributed by atoms with Crippen molar-refractivity contribution in [1.82, 2.24) is 15.1 Å². The van der Waals surface area contributed by atoms with Crippen molar-refractivity contribution in [2.45, 2.75) is 6.42 Å². The number of pyridine rings is 1. The van der Waals surface area contributed by atoms with Crippen LogP contribution in [0.5, 0.6) is 5.75 Å². The Balaban J connectivity index is 1.80. The summed E-state index contributed by atoms with van der Waals surface area (Å²) < 4.78 is 17.9. The Kier molecular flexibility index (Phi) is 3.12. The molecule has 2 aromatic heterocycles. The zero-order valence-electron chi connectivity index (χ0n) is 10.3. The van der Waals surface area contributed by atoms with Crippen LogP contribution in [0.15, 0.2) is 47.1 Å². The van der Waals surface area contributed by atoms with Gasteiger partial charge in [-0.2, -0.15) is 4.98 Å². The van der Waals surface area contributed by atoms with Crippen molar-refractivity contribution in [1.29, 1.82) is 0 Å². The first kappa shape index (κ1) is 12.3. The number of rotatable bonds is 3. The third kappa shape index (κ3) is 2.64. The van der Waals surface area contributed by atoms with E-state index in [-0.39, 0.29) is 5.75 Å². The zero-order chi connectivity index (χ0) is 13.9. The molecule has 0 spiro atoms. The predicted octanol–water partition coefficient (Wildman–Crippen LogP) is 2.57. The Morgan fingerprint density at radius 2 is 1.90 bits per heavy atom. The van der Waals surface area contributed by atoms with E-state index in [0.717, 1.165) is 11.8 Å². The molecule has 2 heterocycles. The minimum atomic E-state index is -0.415. The van der Waals surface area contributed by atoms with E-state index >= 15 is 0 Å². The second-order valence-electron chi connectivity index (χ2n) is 4.22. The fraction of sp³-hybridized carbons (Fsp3) is 0.0714. The standard InChI is InChI=1S/C14H10FN3O2/c15-10-3-6-12(16-8-10)14-17-13(20-18-14)7-9-1-4-11(19)5-2-9/h1-6,8,19H,7H2. The lowest BCUT2D eigenvalue weighted by molar-refractivity contribution is 0.385. The maximum atomic E-state index is 12.8. The molecule has 1 N–H and O–H groups in total. The van der Waals surface area contributed by atoms with E-state index < -0.39 is 5.82 Å². The summed E-state index contributed by atoms with van der Waals surface area (Å²) in [5, 5.41) is 13.0. The topological polar surface area (TPSA) is 72.0 Å². The average molecular weight is 271 g/mol. The molecular formula is C14H10FN3O2. The molecule has 0 unspecified atom stereocenters. The number of phenolic OH excluding ortho intramolecular Hbond substituents is 1. The van der Waals surface area contributed by atoms with Crippen LogP contribution in [-0.4, -0.2) is 20.2 Å². The van der Waals surface area contributed by atoms with Crippen LogP contribution in [0.3, 0.4) is 0 Å². The second kappa shape index (κ2) is 5.08. The summed E-state index contributed by atoms with van der Waals surface area (Å²) in [4.78, 5) is 8.09. The predicted molar refractivity (Wildman–Crippen MR) is 68.4 cm³/mol. The first-order valence-electron chi connectivity index (χ1n) is 5.93. The Morgan fingerprint density at radius 1 is 1.10 bits per heavy atom. The Bertz CT molecular complexity index is 708. The molecule has 3 aromatic rings. The van der Waals surface area contributed by atoms with Crippen molar-refractivity contribution in [3.8, 4) is 17.3 Å². The highest BCUT2D eigenvalue weighted by Crippen LogP contribution is 2.16. The van der Waals surface area contributed by atoms with Gasteiger partial charge in [-0.25, -0.2) is 9.37 Å². The molecule has 6 heteroatoms. The van der Waals surface area contributed by atoms with Crippen LogP contribution in [0.2, 0.25) is 0 Å². The lowest BCUT2D eigenvalue weighted by atomic mass is 10.1. The molecular weight excluding hydrogens is 261 g/mol. The Hall–Kier alpha value is -2.76. The second-order valence-corrected chi connectivity index (χ2v) is 4.22. The number of phenols is 1. The summed E-state index contributed by atoms with van der Waals surface area (Å²) in [5.41, 5.74) is 1.39. The highest BCUT2D eigenvalue weighted by atomic mass is 19.1. The fourth-order valence-corrected chi connectivity index (χ4v) is 1.73. The zero-order valence-corrected chi connectivity index (χ0v) is 10.3. The minimum Gasteiger partial charge on any atom is -0.508 e.